The second-order valence-electron chi connectivity index (χ2n) is 3.64. The largest absolute Gasteiger partial charge is 0.370 e. The molecule has 0 fully saturated rings. The summed E-state index contributed by atoms with van der Waals surface area (Å²) in [6.45, 7) is 7.49. The van der Waals surface area contributed by atoms with Crippen LogP contribution in [0.4, 0.5) is 5.82 Å². The molecule has 72 valence electrons. The van der Waals surface area contributed by atoms with Crippen LogP contribution in [0.2, 0.25) is 0 Å². The van der Waals surface area contributed by atoms with E-state index in [-0.39, 0.29) is 0 Å². The van der Waals surface area contributed by atoms with Gasteiger partial charge in [-0.15, -0.1) is 0 Å². The van der Waals surface area contributed by atoms with E-state index < -0.39 is 0 Å². The molecule has 13 heavy (non-hydrogen) atoms. The Morgan fingerprint density at radius 2 is 2.15 bits per heavy atom. The van der Waals surface area contributed by atoms with Crippen molar-refractivity contribution in [2.45, 2.75) is 27.2 Å². The lowest BCUT2D eigenvalue weighted by Gasteiger charge is -2.08. The van der Waals surface area contributed by atoms with Gasteiger partial charge in [-0.2, -0.15) is 0 Å². The number of nitrogens with one attached hydrogen (secondary N) is 1. The van der Waals surface area contributed by atoms with Crippen LogP contribution >= 0.6 is 0 Å². The smallest absolute Gasteiger partial charge is 0.126 e. The minimum Gasteiger partial charge on any atom is -0.370 e. The molecule has 0 unspecified atom stereocenters. The molecule has 0 spiro atoms. The lowest BCUT2D eigenvalue weighted by atomic mass is 10.2. The van der Waals surface area contributed by atoms with Crippen LogP contribution in [0.1, 0.15) is 26.5 Å². The highest BCUT2D eigenvalue weighted by Crippen LogP contribution is 2.06. The van der Waals surface area contributed by atoms with E-state index in [1.54, 1.807) is 0 Å². The maximum absolute atomic E-state index is 4.45. The van der Waals surface area contributed by atoms with Crippen molar-refractivity contribution in [3.05, 3.63) is 23.9 Å². The van der Waals surface area contributed by atoms with Crippen LogP contribution < -0.4 is 5.32 Å². The van der Waals surface area contributed by atoms with Gasteiger partial charge >= 0.3 is 0 Å². The van der Waals surface area contributed by atoms with Gasteiger partial charge < -0.3 is 5.32 Å². The summed E-state index contributed by atoms with van der Waals surface area (Å²) < 4.78 is 0. The standard InChI is InChI=1S/C11H18N2/c1-4-10-6-5-7-11(13-10)12-8-9(2)3/h5-7,9H,4,8H2,1-3H3,(H,12,13). The average molecular weight is 178 g/mol. The Hall–Kier alpha value is -1.05. The van der Waals surface area contributed by atoms with Gasteiger partial charge in [0.1, 0.15) is 5.82 Å². The number of anilines is 1. The lowest BCUT2D eigenvalue weighted by Crippen LogP contribution is -2.09. The zero-order valence-electron chi connectivity index (χ0n) is 8.67. The fourth-order valence-corrected chi connectivity index (χ4v) is 1.08. The summed E-state index contributed by atoms with van der Waals surface area (Å²) in [5, 5.41) is 3.31. The van der Waals surface area contributed by atoms with Crippen molar-refractivity contribution < 1.29 is 0 Å². The summed E-state index contributed by atoms with van der Waals surface area (Å²) in [4.78, 5) is 4.45. The lowest BCUT2D eigenvalue weighted by molar-refractivity contribution is 0.686. The third-order valence-corrected chi connectivity index (χ3v) is 1.86. The average Bonchev–Trinajstić information content (AvgIpc) is 2.15. The van der Waals surface area contributed by atoms with E-state index >= 15 is 0 Å². The Bertz CT molecular complexity index is 256. The topological polar surface area (TPSA) is 24.9 Å². The number of rotatable bonds is 4. The SMILES string of the molecule is CCc1cccc(NCC(C)C)n1. The molecule has 0 aliphatic rings. The molecule has 0 bridgehead atoms. The van der Waals surface area contributed by atoms with Gasteiger partial charge in [-0.05, 0) is 24.5 Å². The molecule has 0 aliphatic heterocycles. The van der Waals surface area contributed by atoms with Gasteiger partial charge in [0, 0.05) is 12.2 Å². The molecule has 1 N–H and O–H groups in total. The molecule has 0 atom stereocenters. The van der Waals surface area contributed by atoms with Gasteiger partial charge in [-0.1, -0.05) is 26.8 Å². The quantitative estimate of drug-likeness (QED) is 0.766. The number of aryl methyl sites for hydroxylation is 1. The molecule has 0 radical (unpaired) electrons. The van der Waals surface area contributed by atoms with Crippen LogP contribution in [0.5, 0.6) is 0 Å². The van der Waals surface area contributed by atoms with E-state index in [0.29, 0.717) is 5.92 Å². The Morgan fingerprint density at radius 1 is 1.38 bits per heavy atom. The minimum absolute atomic E-state index is 0.659. The van der Waals surface area contributed by atoms with Crippen molar-refractivity contribution in [2.24, 2.45) is 5.92 Å². The second kappa shape index (κ2) is 4.85. The second-order valence-corrected chi connectivity index (χ2v) is 3.64. The molecule has 0 saturated heterocycles. The molecule has 0 aliphatic carbocycles. The maximum atomic E-state index is 4.45. The van der Waals surface area contributed by atoms with Crippen molar-refractivity contribution in [1.82, 2.24) is 4.98 Å². The van der Waals surface area contributed by atoms with Crippen LogP contribution in [0.15, 0.2) is 18.2 Å². The molecule has 1 aromatic heterocycles. The van der Waals surface area contributed by atoms with Crippen molar-refractivity contribution in [1.29, 1.82) is 0 Å². The zero-order chi connectivity index (χ0) is 9.68. The van der Waals surface area contributed by atoms with E-state index in [9.17, 15) is 0 Å². The molecule has 1 heterocycles. The summed E-state index contributed by atoms with van der Waals surface area (Å²) in [5.41, 5.74) is 1.15. The monoisotopic (exact) mass is 178 g/mol. The number of hydrogen-bond acceptors (Lipinski definition) is 2. The van der Waals surface area contributed by atoms with Crippen molar-refractivity contribution in [3.8, 4) is 0 Å². The number of hydrogen-bond donors (Lipinski definition) is 1. The summed E-state index contributed by atoms with van der Waals surface area (Å²) in [6, 6.07) is 6.12. The first-order chi connectivity index (χ1) is 6.22. The van der Waals surface area contributed by atoms with Crippen LogP contribution in [0, 0.1) is 5.92 Å². The van der Waals surface area contributed by atoms with Gasteiger partial charge in [0.05, 0.1) is 0 Å². The molecule has 0 saturated carbocycles. The Balaban J connectivity index is 2.56. The van der Waals surface area contributed by atoms with Crippen molar-refractivity contribution in [3.63, 3.8) is 0 Å². The van der Waals surface area contributed by atoms with Crippen molar-refractivity contribution in [2.75, 3.05) is 11.9 Å². The van der Waals surface area contributed by atoms with E-state index in [1.807, 2.05) is 6.07 Å². The van der Waals surface area contributed by atoms with E-state index in [0.717, 1.165) is 24.5 Å². The van der Waals surface area contributed by atoms with Gasteiger partial charge in [0.2, 0.25) is 0 Å². The van der Waals surface area contributed by atoms with Crippen LogP contribution in [0.25, 0.3) is 0 Å². The molecule has 1 rings (SSSR count). The summed E-state index contributed by atoms with van der Waals surface area (Å²) in [5.74, 6) is 1.65. The van der Waals surface area contributed by atoms with Crippen LogP contribution in [0.3, 0.4) is 0 Å². The molecule has 2 heteroatoms. The first-order valence-corrected chi connectivity index (χ1v) is 4.92. The zero-order valence-corrected chi connectivity index (χ0v) is 8.67. The van der Waals surface area contributed by atoms with Crippen LogP contribution in [-0.2, 0) is 6.42 Å². The third-order valence-electron chi connectivity index (χ3n) is 1.86. The van der Waals surface area contributed by atoms with Gasteiger partial charge in [0.25, 0.3) is 0 Å². The number of pyridine rings is 1. The predicted molar refractivity (Wildman–Crippen MR) is 56.9 cm³/mol. The normalized spacial score (nSPS) is 10.5. The first-order valence-electron chi connectivity index (χ1n) is 4.92. The van der Waals surface area contributed by atoms with E-state index in [1.165, 1.54) is 0 Å². The summed E-state index contributed by atoms with van der Waals surface area (Å²) in [6.07, 6.45) is 0.997. The predicted octanol–water partition coefficient (Wildman–Crippen LogP) is 2.71. The molecule has 2 nitrogen and oxygen atoms in total. The molecule has 1 aromatic rings. The molecular weight excluding hydrogens is 160 g/mol. The highest BCUT2D eigenvalue weighted by molar-refractivity contribution is 5.35. The fourth-order valence-electron chi connectivity index (χ4n) is 1.08. The highest BCUT2D eigenvalue weighted by Gasteiger charge is 1.96. The fraction of sp³-hybridized carbons (Fsp3) is 0.545. The Kier molecular flexibility index (Phi) is 3.74. The number of nitrogens with zero attached hydrogens (tertiary/aromatic N) is 1. The van der Waals surface area contributed by atoms with Gasteiger partial charge in [-0.25, -0.2) is 4.98 Å². The summed E-state index contributed by atoms with van der Waals surface area (Å²) >= 11 is 0. The molecule has 0 aromatic carbocycles. The van der Waals surface area contributed by atoms with Gasteiger partial charge in [0.15, 0.2) is 0 Å². The third kappa shape index (κ3) is 3.45. The van der Waals surface area contributed by atoms with E-state index in [4.69, 9.17) is 0 Å². The van der Waals surface area contributed by atoms with Crippen molar-refractivity contribution >= 4 is 5.82 Å². The molecule has 0 amide bonds. The Labute approximate surface area is 80.4 Å². The van der Waals surface area contributed by atoms with Crippen LogP contribution in [-0.4, -0.2) is 11.5 Å². The summed E-state index contributed by atoms with van der Waals surface area (Å²) in [7, 11) is 0. The minimum atomic E-state index is 0.659. The highest BCUT2D eigenvalue weighted by atomic mass is 15.0. The van der Waals surface area contributed by atoms with Gasteiger partial charge in [-0.3, -0.25) is 0 Å². The Morgan fingerprint density at radius 3 is 2.77 bits per heavy atom. The molecular formula is C11H18N2. The number of aromatic nitrogens is 1. The van der Waals surface area contributed by atoms with E-state index in [2.05, 4.69) is 43.2 Å². The first kappa shape index (κ1) is 10.0. The maximum Gasteiger partial charge on any atom is 0.126 e.